The number of rotatable bonds is 3. The van der Waals surface area contributed by atoms with E-state index in [0.717, 1.165) is 22.3 Å². The van der Waals surface area contributed by atoms with Crippen LogP contribution in [-0.2, 0) is 10.0 Å². The Morgan fingerprint density at radius 1 is 0.952 bits per heavy atom. The Morgan fingerprint density at radius 2 is 1.52 bits per heavy atom. The van der Waals surface area contributed by atoms with Crippen molar-refractivity contribution in [3.05, 3.63) is 52.6 Å². The zero-order valence-electron chi connectivity index (χ0n) is 12.7. The van der Waals surface area contributed by atoms with Gasteiger partial charge in [0, 0.05) is 5.69 Å². The summed E-state index contributed by atoms with van der Waals surface area (Å²) in [5.74, 6) is 0. The van der Waals surface area contributed by atoms with Crippen LogP contribution in [0.5, 0.6) is 0 Å². The second kappa shape index (κ2) is 5.41. The number of hydrogen-bond donors (Lipinski definition) is 2. The fourth-order valence-electron chi connectivity index (χ4n) is 2.39. The maximum atomic E-state index is 12.7. The molecule has 0 atom stereocenters. The standard InChI is InChI=1S/C16H20N2O2S/c1-10-8-11(2)13(4)16(12(10)3)21(19,20)18-15-7-5-6-14(17)9-15/h5-9,18H,17H2,1-4H3. The molecule has 0 fully saturated rings. The maximum absolute atomic E-state index is 12.7. The summed E-state index contributed by atoms with van der Waals surface area (Å²) < 4.78 is 28.0. The molecule has 4 nitrogen and oxygen atoms in total. The van der Waals surface area contributed by atoms with Crippen molar-refractivity contribution in [2.24, 2.45) is 0 Å². The highest BCUT2D eigenvalue weighted by atomic mass is 32.2. The van der Waals surface area contributed by atoms with Gasteiger partial charge in [-0.3, -0.25) is 4.72 Å². The van der Waals surface area contributed by atoms with Crippen LogP contribution in [0.1, 0.15) is 22.3 Å². The van der Waals surface area contributed by atoms with E-state index in [4.69, 9.17) is 5.73 Å². The molecule has 5 heteroatoms. The summed E-state index contributed by atoms with van der Waals surface area (Å²) in [7, 11) is -3.64. The van der Waals surface area contributed by atoms with E-state index in [0.29, 0.717) is 16.3 Å². The SMILES string of the molecule is Cc1cc(C)c(C)c(S(=O)(=O)Nc2cccc(N)c2)c1C. The maximum Gasteiger partial charge on any atom is 0.262 e. The van der Waals surface area contributed by atoms with Crippen LogP contribution in [0, 0.1) is 27.7 Å². The molecule has 0 amide bonds. The van der Waals surface area contributed by atoms with Gasteiger partial charge in [0.1, 0.15) is 0 Å². The topological polar surface area (TPSA) is 72.2 Å². The van der Waals surface area contributed by atoms with Gasteiger partial charge in [-0.15, -0.1) is 0 Å². The fourth-order valence-corrected chi connectivity index (χ4v) is 4.06. The zero-order chi connectivity index (χ0) is 15.8. The summed E-state index contributed by atoms with van der Waals surface area (Å²) in [5.41, 5.74) is 10.1. The fraction of sp³-hybridized carbons (Fsp3) is 0.250. The molecule has 112 valence electrons. The molecule has 21 heavy (non-hydrogen) atoms. The second-order valence-corrected chi connectivity index (χ2v) is 6.94. The van der Waals surface area contributed by atoms with Crippen molar-refractivity contribution in [3.8, 4) is 0 Å². The highest BCUT2D eigenvalue weighted by molar-refractivity contribution is 7.92. The highest BCUT2D eigenvalue weighted by Crippen LogP contribution is 2.28. The third kappa shape index (κ3) is 3.03. The Hall–Kier alpha value is -2.01. The van der Waals surface area contributed by atoms with E-state index in [9.17, 15) is 8.42 Å². The Bertz CT molecular complexity index is 770. The van der Waals surface area contributed by atoms with E-state index in [1.807, 2.05) is 33.8 Å². The largest absolute Gasteiger partial charge is 0.399 e. The van der Waals surface area contributed by atoms with Gasteiger partial charge in [-0.1, -0.05) is 12.1 Å². The van der Waals surface area contributed by atoms with Crippen molar-refractivity contribution in [1.29, 1.82) is 0 Å². The lowest BCUT2D eigenvalue weighted by Crippen LogP contribution is -2.17. The zero-order valence-corrected chi connectivity index (χ0v) is 13.5. The van der Waals surface area contributed by atoms with E-state index in [-0.39, 0.29) is 0 Å². The Labute approximate surface area is 126 Å². The van der Waals surface area contributed by atoms with Crippen LogP contribution in [0.2, 0.25) is 0 Å². The minimum Gasteiger partial charge on any atom is -0.399 e. The highest BCUT2D eigenvalue weighted by Gasteiger charge is 2.22. The molecule has 0 radical (unpaired) electrons. The van der Waals surface area contributed by atoms with E-state index in [1.54, 1.807) is 24.3 Å². The summed E-state index contributed by atoms with van der Waals surface area (Å²) in [6.45, 7) is 7.49. The molecule has 2 aromatic carbocycles. The number of anilines is 2. The van der Waals surface area contributed by atoms with E-state index < -0.39 is 10.0 Å². The average molecular weight is 304 g/mol. The van der Waals surface area contributed by atoms with Crippen molar-refractivity contribution in [2.45, 2.75) is 32.6 Å². The lowest BCUT2D eigenvalue weighted by Gasteiger charge is -2.16. The number of aryl methyl sites for hydroxylation is 2. The summed E-state index contributed by atoms with van der Waals surface area (Å²) in [5, 5.41) is 0. The molecule has 0 aromatic heterocycles. The quantitative estimate of drug-likeness (QED) is 0.855. The molecule has 0 bridgehead atoms. The van der Waals surface area contributed by atoms with Crippen molar-refractivity contribution in [2.75, 3.05) is 10.5 Å². The first kappa shape index (κ1) is 15.4. The van der Waals surface area contributed by atoms with Gasteiger partial charge in [0.15, 0.2) is 0 Å². The minimum atomic E-state index is -3.64. The van der Waals surface area contributed by atoms with Gasteiger partial charge >= 0.3 is 0 Å². The smallest absolute Gasteiger partial charge is 0.262 e. The number of benzene rings is 2. The Kier molecular flexibility index (Phi) is 3.96. The Balaban J connectivity index is 2.55. The molecule has 0 aliphatic rings. The molecular weight excluding hydrogens is 284 g/mol. The molecule has 2 aromatic rings. The molecule has 0 saturated carbocycles. The number of hydrogen-bond acceptors (Lipinski definition) is 3. The van der Waals surface area contributed by atoms with Crippen LogP contribution in [0.15, 0.2) is 35.2 Å². The van der Waals surface area contributed by atoms with Crippen molar-refractivity contribution in [1.82, 2.24) is 0 Å². The van der Waals surface area contributed by atoms with Crippen LogP contribution in [-0.4, -0.2) is 8.42 Å². The van der Waals surface area contributed by atoms with Crippen molar-refractivity contribution >= 4 is 21.4 Å². The minimum absolute atomic E-state index is 0.349. The van der Waals surface area contributed by atoms with Crippen LogP contribution < -0.4 is 10.5 Å². The van der Waals surface area contributed by atoms with Gasteiger partial charge in [0.05, 0.1) is 10.6 Å². The second-order valence-electron chi connectivity index (χ2n) is 5.32. The summed E-state index contributed by atoms with van der Waals surface area (Å²) in [4.78, 5) is 0.349. The van der Waals surface area contributed by atoms with Crippen LogP contribution in [0.25, 0.3) is 0 Å². The molecule has 0 unspecified atom stereocenters. The monoisotopic (exact) mass is 304 g/mol. The third-order valence-corrected chi connectivity index (χ3v) is 5.36. The van der Waals surface area contributed by atoms with Gasteiger partial charge in [0.2, 0.25) is 0 Å². The van der Waals surface area contributed by atoms with Crippen LogP contribution in [0.3, 0.4) is 0 Å². The van der Waals surface area contributed by atoms with Gasteiger partial charge in [0.25, 0.3) is 10.0 Å². The summed E-state index contributed by atoms with van der Waals surface area (Å²) in [6, 6.07) is 8.72. The van der Waals surface area contributed by atoms with Crippen LogP contribution >= 0.6 is 0 Å². The Morgan fingerprint density at radius 3 is 2.05 bits per heavy atom. The summed E-state index contributed by atoms with van der Waals surface area (Å²) in [6.07, 6.45) is 0. The molecule has 3 N–H and O–H groups in total. The lowest BCUT2D eigenvalue weighted by molar-refractivity contribution is 0.599. The van der Waals surface area contributed by atoms with Crippen molar-refractivity contribution < 1.29 is 8.42 Å². The van der Waals surface area contributed by atoms with Gasteiger partial charge in [-0.05, 0) is 68.1 Å². The first-order valence-corrected chi connectivity index (χ1v) is 8.16. The van der Waals surface area contributed by atoms with Crippen molar-refractivity contribution in [3.63, 3.8) is 0 Å². The van der Waals surface area contributed by atoms with E-state index in [2.05, 4.69) is 4.72 Å². The van der Waals surface area contributed by atoms with Gasteiger partial charge < -0.3 is 5.73 Å². The summed E-state index contributed by atoms with van der Waals surface area (Å²) >= 11 is 0. The first-order valence-electron chi connectivity index (χ1n) is 6.68. The predicted octanol–water partition coefficient (Wildman–Crippen LogP) is 3.30. The molecular formula is C16H20N2O2S. The first-order chi connectivity index (χ1) is 9.72. The molecule has 0 spiro atoms. The number of nitrogens with two attached hydrogens (primary N) is 1. The van der Waals surface area contributed by atoms with E-state index >= 15 is 0 Å². The van der Waals surface area contributed by atoms with E-state index in [1.165, 1.54) is 0 Å². The van der Waals surface area contributed by atoms with Gasteiger partial charge in [-0.2, -0.15) is 0 Å². The predicted molar refractivity (Wildman–Crippen MR) is 87.1 cm³/mol. The number of nitrogens with one attached hydrogen (secondary N) is 1. The molecule has 0 heterocycles. The molecule has 0 aliphatic carbocycles. The van der Waals surface area contributed by atoms with Gasteiger partial charge in [-0.25, -0.2) is 8.42 Å². The average Bonchev–Trinajstić information content (AvgIpc) is 2.35. The van der Waals surface area contributed by atoms with Crippen LogP contribution in [0.4, 0.5) is 11.4 Å². The molecule has 0 aliphatic heterocycles. The molecule has 0 saturated heterocycles. The normalized spacial score (nSPS) is 11.4. The third-order valence-electron chi connectivity index (χ3n) is 3.70. The lowest BCUT2D eigenvalue weighted by atomic mass is 10.0. The number of sulfonamides is 1. The number of nitrogen functional groups attached to an aromatic ring is 1. The molecule has 2 rings (SSSR count).